The zero-order valence-electron chi connectivity index (χ0n) is 8.45. The molecule has 0 aliphatic rings. The smallest absolute Gasteiger partial charge is 0.416 e. The van der Waals surface area contributed by atoms with Crippen LogP contribution in [0.2, 0.25) is 0 Å². The summed E-state index contributed by atoms with van der Waals surface area (Å²) in [7, 11) is 0. The van der Waals surface area contributed by atoms with Gasteiger partial charge in [-0.3, -0.25) is 0 Å². The Hall–Kier alpha value is -1.72. The molecule has 0 saturated carbocycles. The second kappa shape index (κ2) is 4.87. The van der Waals surface area contributed by atoms with Crippen molar-refractivity contribution in [3.05, 3.63) is 29.8 Å². The van der Waals surface area contributed by atoms with Gasteiger partial charge in [0.1, 0.15) is 12.4 Å². The first-order valence-electron chi connectivity index (χ1n) is 4.41. The molecule has 0 bridgehead atoms. The Balaban J connectivity index is 2.65. The minimum Gasteiger partial charge on any atom is -0.488 e. The van der Waals surface area contributed by atoms with Crippen LogP contribution in [-0.2, 0) is 6.18 Å². The van der Waals surface area contributed by atoms with Crippen molar-refractivity contribution in [1.29, 1.82) is 0 Å². The molecule has 0 unspecified atom stereocenters. The maximum absolute atomic E-state index is 12.2. The van der Waals surface area contributed by atoms with Crippen molar-refractivity contribution in [2.75, 3.05) is 6.61 Å². The van der Waals surface area contributed by atoms with Crippen molar-refractivity contribution in [1.82, 2.24) is 0 Å². The first-order chi connectivity index (χ1) is 7.43. The van der Waals surface area contributed by atoms with Crippen LogP contribution in [-0.4, -0.2) is 17.5 Å². The zero-order valence-corrected chi connectivity index (χ0v) is 8.45. The molecule has 0 atom stereocenters. The number of halogens is 3. The summed E-state index contributed by atoms with van der Waals surface area (Å²) in [6.07, 6.45) is -4.35. The van der Waals surface area contributed by atoms with Crippen LogP contribution in [0.4, 0.5) is 13.2 Å². The second-order valence-electron chi connectivity index (χ2n) is 3.15. The molecule has 0 fully saturated rings. The molecule has 0 amide bonds. The van der Waals surface area contributed by atoms with Crippen molar-refractivity contribution in [3.63, 3.8) is 0 Å². The zero-order chi connectivity index (χ0) is 12.2. The van der Waals surface area contributed by atoms with Crippen LogP contribution in [0.5, 0.6) is 5.75 Å². The average molecular weight is 233 g/mol. The minimum atomic E-state index is -4.35. The van der Waals surface area contributed by atoms with Gasteiger partial charge in [-0.05, 0) is 31.2 Å². The monoisotopic (exact) mass is 233 g/mol. The minimum absolute atomic E-state index is 0.0296. The van der Waals surface area contributed by atoms with Crippen molar-refractivity contribution in [2.24, 2.45) is 5.16 Å². The Morgan fingerprint density at radius 3 is 2.31 bits per heavy atom. The number of nitrogens with zero attached hydrogens (tertiary/aromatic N) is 1. The SMILES string of the molecule is CC(COc1ccc(C(F)(F)F)cc1)=NO. The molecule has 1 aromatic rings. The Kier molecular flexibility index (Phi) is 3.76. The third-order valence-electron chi connectivity index (χ3n) is 1.80. The summed E-state index contributed by atoms with van der Waals surface area (Å²) in [5.41, 5.74) is -0.396. The molecule has 16 heavy (non-hydrogen) atoms. The Labute approximate surface area is 90.1 Å². The standard InChI is InChI=1S/C10H10F3NO2/c1-7(14-15)6-16-9-4-2-8(3-5-9)10(11,12)13/h2-5,15H,6H2,1H3. The van der Waals surface area contributed by atoms with E-state index in [4.69, 9.17) is 9.94 Å². The molecule has 0 radical (unpaired) electrons. The van der Waals surface area contributed by atoms with Crippen LogP contribution in [0.15, 0.2) is 29.4 Å². The van der Waals surface area contributed by atoms with E-state index in [9.17, 15) is 13.2 Å². The van der Waals surface area contributed by atoms with Crippen molar-refractivity contribution < 1.29 is 23.1 Å². The third-order valence-corrected chi connectivity index (χ3v) is 1.80. The third kappa shape index (κ3) is 3.45. The van der Waals surface area contributed by atoms with Gasteiger partial charge in [0.25, 0.3) is 0 Å². The first kappa shape index (κ1) is 12.4. The lowest BCUT2D eigenvalue weighted by Gasteiger charge is -2.08. The molecule has 0 spiro atoms. The van der Waals surface area contributed by atoms with E-state index in [1.165, 1.54) is 19.1 Å². The summed E-state index contributed by atoms with van der Waals surface area (Å²) < 4.78 is 41.7. The van der Waals surface area contributed by atoms with Gasteiger partial charge in [-0.1, -0.05) is 5.16 Å². The van der Waals surface area contributed by atoms with E-state index in [1.54, 1.807) is 0 Å². The highest BCUT2D eigenvalue weighted by Gasteiger charge is 2.29. The van der Waals surface area contributed by atoms with Crippen LogP contribution in [0, 0.1) is 0 Å². The quantitative estimate of drug-likeness (QED) is 0.495. The van der Waals surface area contributed by atoms with E-state index >= 15 is 0 Å². The van der Waals surface area contributed by atoms with E-state index in [-0.39, 0.29) is 12.4 Å². The van der Waals surface area contributed by atoms with Crippen LogP contribution in [0.3, 0.4) is 0 Å². The van der Waals surface area contributed by atoms with Gasteiger partial charge >= 0.3 is 6.18 Å². The number of rotatable bonds is 3. The van der Waals surface area contributed by atoms with Gasteiger partial charge in [0.2, 0.25) is 0 Å². The summed E-state index contributed by atoms with van der Waals surface area (Å²) in [5, 5.41) is 11.2. The molecule has 6 heteroatoms. The second-order valence-corrected chi connectivity index (χ2v) is 3.15. The van der Waals surface area contributed by atoms with Crippen molar-refractivity contribution >= 4 is 5.71 Å². The molecule has 3 nitrogen and oxygen atoms in total. The molecular weight excluding hydrogens is 223 g/mol. The Bertz CT molecular complexity index is 371. The molecule has 0 saturated heterocycles. The highest BCUT2D eigenvalue weighted by Crippen LogP contribution is 2.30. The summed E-state index contributed by atoms with van der Waals surface area (Å²) in [4.78, 5) is 0. The van der Waals surface area contributed by atoms with Gasteiger partial charge in [-0.15, -0.1) is 0 Å². The summed E-state index contributed by atoms with van der Waals surface area (Å²) >= 11 is 0. The molecule has 1 N–H and O–H groups in total. The van der Waals surface area contributed by atoms with Crippen molar-refractivity contribution in [3.8, 4) is 5.75 Å². The number of hydrogen-bond donors (Lipinski definition) is 1. The van der Waals surface area contributed by atoms with Gasteiger partial charge < -0.3 is 9.94 Å². The Morgan fingerprint density at radius 2 is 1.88 bits per heavy atom. The number of benzene rings is 1. The van der Waals surface area contributed by atoms with Gasteiger partial charge in [0.15, 0.2) is 0 Å². The fourth-order valence-electron chi connectivity index (χ4n) is 0.957. The highest BCUT2D eigenvalue weighted by atomic mass is 19.4. The van der Waals surface area contributed by atoms with E-state index < -0.39 is 11.7 Å². The largest absolute Gasteiger partial charge is 0.488 e. The lowest BCUT2D eigenvalue weighted by molar-refractivity contribution is -0.137. The number of alkyl halides is 3. The lowest BCUT2D eigenvalue weighted by Crippen LogP contribution is -2.08. The summed E-state index contributed by atoms with van der Waals surface area (Å²) in [6.45, 7) is 1.56. The number of ether oxygens (including phenoxy) is 1. The van der Waals surface area contributed by atoms with E-state index in [2.05, 4.69) is 5.16 Å². The van der Waals surface area contributed by atoms with Crippen LogP contribution in [0.1, 0.15) is 12.5 Å². The molecule has 0 aliphatic heterocycles. The summed E-state index contributed by atoms with van der Waals surface area (Å²) in [6, 6.07) is 4.29. The van der Waals surface area contributed by atoms with Gasteiger partial charge in [0.05, 0.1) is 11.3 Å². The molecule has 0 aliphatic carbocycles. The van der Waals surface area contributed by atoms with Gasteiger partial charge in [0, 0.05) is 0 Å². The molecule has 0 heterocycles. The summed E-state index contributed by atoms with van der Waals surface area (Å²) in [5.74, 6) is 0.288. The molecular formula is C10H10F3NO2. The fourth-order valence-corrected chi connectivity index (χ4v) is 0.957. The normalized spacial score (nSPS) is 12.6. The molecule has 1 rings (SSSR count). The predicted molar refractivity (Wildman–Crippen MR) is 51.8 cm³/mol. The first-order valence-corrected chi connectivity index (χ1v) is 4.41. The molecule has 0 aromatic heterocycles. The van der Waals surface area contributed by atoms with Crippen molar-refractivity contribution in [2.45, 2.75) is 13.1 Å². The van der Waals surface area contributed by atoms with Gasteiger partial charge in [-0.25, -0.2) is 0 Å². The topological polar surface area (TPSA) is 41.8 Å². The van der Waals surface area contributed by atoms with Crippen LogP contribution in [0.25, 0.3) is 0 Å². The highest BCUT2D eigenvalue weighted by molar-refractivity contribution is 5.82. The van der Waals surface area contributed by atoms with E-state index in [1.807, 2.05) is 0 Å². The van der Waals surface area contributed by atoms with E-state index in [0.29, 0.717) is 5.71 Å². The number of oxime groups is 1. The Morgan fingerprint density at radius 1 is 1.31 bits per heavy atom. The van der Waals surface area contributed by atoms with Crippen LogP contribution < -0.4 is 4.74 Å². The molecule has 88 valence electrons. The molecule has 1 aromatic carbocycles. The maximum atomic E-state index is 12.2. The lowest BCUT2D eigenvalue weighted by atomic mass is 10.2. The fraction of sp³-hybridized carbons (Fsp3) is 0.300. The predicted octanol–water partition coefficient (Wildman–Crippen LogP) is 2.93. The van der Waals surface area contributed by atoms with Gasteiger partial charge in [-0.2, -0.15) is 13.2 Å². The average Bonchev–Trinajstić information content (AvgIpc) is 2.25. The van der Waals surface area contributed by atoms with E-state index in [0.717, 1.165) is 12.1 Å². The van der Waals surface area contributed by atoms with Crippen LogP contribution >= 0.6 is 0 Å². The maximum Gasteiger partial charge on any atom is 0.416 e. The number of hydrogen-bond acceptors (Lipinski definition) is 3.